The van der Waals surface area contributed by atoms with E-state index in [0.29, 0.717) is 19.3 Å². The Hall–Kier alpha value is 0.870. The summed E-state index contributed by atoms with van der Waals surface area (Å²) in [6, 6.07) is 0. The van der Waals surface area contributed by atoms with E-state index in [1.54, 1.807) is 0 Å². The topological polar surface area (TPSA) is 77.4 Å². The number of aliphatic hydroxyl groups is 1. The maximum Gasteiger partial charge on any atom is 1.00 e. The molecule has 0 heterocycles. The van der Waals surface area contributed by atoms with Gasteiger partial charge in [-0.2, -0.15) is 0 Å². The molecule has 68 valence electrons. The SMILES string of the molecule is O=S(=O)([O-])CCCCCCO.[Na+]. The second-order valence-electron chi connectivity index (χ2n) is 2.40. The van der Waals surface area contributed by atoms with Crippen molar-refractivity contribution in [3.05, 3.63) is 0 Å². The van der Waals surface area contributed by atoms with Crippen LogP contribution in [0.5, 0.6) is 0 Å². The van der Waals surface area contributed by atoms with Crippen LogP contribution in [0.1, 0.15) is 25.7 Å². The van der Waals surface area contributed by atoms with Crippen LogP contribution in [0.3, 0.4) is 0 Å². The van der Waals surface area contributed by atoms with Crippen LogP contribution in [0.4, 0.5) is 0 Å². The standard InChI is InChI=1S/C6H14O4S.Na/c7-5-3-1-2-4-6-11(8,9)10;/h7H,1-6H2,(H,8,9,10);/q;+1/p-1. The zero-order chi connectivity index (χ0) is 8.74. The van der Waals surface area contributed by atoms with Crippen molar-refractivity contribution >= 4 is 10.1 Å². The maximum absolute atomic E-state index is 10.1. The zero-order valence-corrected chi connectivity index (χ0v) is 10.1. The number of unbranched alkanes of at least 4 members (excludes halogenated alkanes) is 3. The minimum atomic E-state index is -4.02. The van der Waals surface area contributed by atoms with Crippen LogP contribution in [0, 0.1) is 0 Å². The summed E-state index contributed by atoms with van der Waals surface area (Å²) in [5.74, 6) is -0.279. The molecule has 0 aromatic rings. The van der Waals surface area contributed by atoms with Crippen LogP contribution in [0.15, 0.2) is 0 Å². The van der Waals surface area contributed by atoms with Gasteiger partial charge in [0, 0.05) is 12.4 Å². The zero-order valence-electron chi connectivity index (χ0n) is 7.32. The Morgan fingerprint density at radius 3 is 2.00 bits per heavy atom. The van der Waals surface area contributed by atoms with Crippen LogP contribution < -0.4 is 29.6 Å². The molecule has 0 bridgehead atoms. The molecule has 0 saturated heterocycles. The molecule has 0 aromatic carbocycles. The first kappa shape index (κ1) is 15.3. The van der Waals surface area contributed by atoms with E-state index in [9.17, 15) is 13.0 Å². The summed E-state index contributed by atoms with van der Waals surface area (Å²) in [4.78, 5) is 0. The molecule has 0 aliphatic rings. The van der Waals surface area contributed by atoms with Gasteiger partial charge in [0.05, 0.1) is 10.1 Å². The van der Waals surface area contributed by atoms with E-state index in [4.69, 9.17) is 5.11 Å². The fourth-order valence-electron chi connectivity index (χ4n) is 0.744. The quantitative estimate of drug-likeness (QED) is 0.286. The van der Waals surface area contributed by atoms with E-state index < -0.39 is 10.1 Å². The van der Waals surface area contributed by atoms with Crippen molar-refractivity contribution in [2.75, 3.05) is 12.4 Å². The molecule has 0 unspecified atom stereocenters. The van der Waals surface area contributed by atoms with Crippen molar-refractivity contribution in [1.82, 2.24) is 0 Å². The van der Waals surface area contributed by atoms with Crippen LogP contribution in [-0.4, -0.2) is 30.4 Å². The number of hydrogen-bond donors (Lipinski definition) is 1. The first-order chi connectivity index (χ1) is 5.06. The summed E-state index contributed by atoms with van der Waals surface area (Å²) < 4.78 is 30.2. The minimum absolute atomic E-state index is 0. The van der Waals surface area contributed by atoms with Gasteiger partial charge in [-0.1, -0.05) is 12.8 Å². The molecule has 0 fully saturated rings. The third-order valence-corrected chi connectivity index (χ3v) is 2.09. The van der Waals surface area contributed by atoms with Gasteiger partial charge >= 0.3 is 29.6 Å². The molecule has 0 aliphatic heterocycles. The van der Waals surface area contributed by atoms with Crippen LogP contribution in [0.25, 0.3) is 0 Å². The Bertz CT molecular complexity index is 178. The summed E-state index contributed by atoms with van der Waals surface area (Å²) in [5, 5.41) is 8.35. The second-order valence-corrected chi connectivity index (χ2v) is 3.92. The molecule has 0 aromatic heterocycles. The molecular weight excluding hydrogens is 191 g/mol. The molecule has 0 rings (SSSR count). The average Bonchev–Trinajstić information content (AvgIpc) is 1.85. The molecule has 0 amide bonds. The van der Waals surface area contributed by atoms with E-state index >= 15 is 0 Å². The van der Waals surface area contributed by atoms with Crippen LogP contribution in [0.2, 0.25) is 0 Å². The smallest absolute Gasteiger partial charge is 0.748 e. The van der Waals surface area contributed by atoms with E-state index in [1.807, 2.05) is 0 Å². The van der Waals surface area contributed by atoms with E-state index in [1.165, 1.54) is 0 Å². The molecule has 0 atom stereocenters. The van der Waals surface area contributed by atoms with Gasteiger partial charge in [0.1, 0.15) is 0 Å². The van der Waals surface area contributed by atoms with Crippen molar-refractivity contribution in [1.29, 1.82) is 0 Å². The average molecular weight is 204 g/mol. The van der Waals surface area contributed by atoms with Gasteiger partial charge in [-0.05, 0) is 12.8 Å². The van der Waals surface area contributed by atoms with Gasteiger partial charge in [-0.25, -0.2) is 8.42 Å². The van der Waals surface area contributed by atoms with Crippen molar-refractivity contribution < 1.29 is 47.6 Å². The van der Waals surface area contributed by atoms with Crippen LogP contribution in [-0.2, 0) is 10.1 Å². The molecule has 6 heteroatoms. The van der Waals surface area contributed by atoms with Crippen LogP contribution >= 0.6 is 0 Å². The number of aliphatic hydroxyl groups excluding tert-OH is 1. The van der Waals surface area contributed by atoms with E-state index in [2.05, 4.69) is 0 Å². The van der Waals surface area contributed by atoms with Gasteiger partial charge in [-0.15, -0.1) is 0 Å². The summed E-state index contributed by atoms with van der Waals surface area (Å²) in [7, 11) is -4.02. The fraction of sp³-hybridized carbons (Fsp3) is 1.00. The monoisotopic (exact) mass is 204 g/mol. The van der Waals surface area contributed by atoms with Crippen molar-refractivity contribution in [2.24, 2.45) is 0 Å². The molecule has 0 radical (unpaired) electrons. The van der Waals surface area contributed by atoms with Gasteiger partial charge < -0.3 is 9.66 Å². The Morgan fingerprint density at radius 1 is 1.08 bits per heavy atom. The number of hydrogen-bond acceptors (Lipinski definition) is 4. The van der Waals surface area contributed by atoms with Gasteiger partial charge in [-0.3, -0.25) is 0 Å². The normalized spacial score (nSPS) is 10.8. The summed E-state index contributed by atoms with van der Waals surface area (Å²) in [6.45, 7) is 0.129. The summed E-state index contributed by atoms with van der Waals surface area (Å²) in [5.41, 5.74) is 0. The van der Waals surface area contributed by atoms with Gasteiger partial charge in [0.25, 0.3) is 0 Å². The third kappa shape index (κ3) is 13.5. The Kier molecular flexibility index (Phi) is 10.8. The van der Waals surface area contributed by atoms with Crippen molar-refractivity contribution in [2.45, 2.75) is 25.7 Å². The van der Waals surface area contributed by atoms with Crippen molar-refractivity contribution in [3.63, 3.8) is 0 Å². The third-order valence-electron chi connectivity index (χ3n) is 1.30. The van der Waals surface area contributed by atoms with Gasteiger partial charge in [0.15, 0.2) is 0 Å². The summed E-state index contributed by atoms with van der Waals surface area (Å²) in [6.07, 6.45) is 2.57. The maximum atomic E-state index is 10.1. The molecule has 0 aliphatic carbocycles. The Morgan fingerprint density at radius 2 is 1.58 bits per heavy atom. The second kappa shape index (κ2) is 8.47. The first-order valence-corrected chi connectivity index (χ1v) is 5.18. The Balaban J connectivity index is 0. The predicted molar refractivity (Wildman–Crippen MR) is 40.1 cm³/mol. The molecule has 0 saturated carbocycles. The minimum Gasteiger partial charge on any atom is -0.748 e. The largest absolute Gasteiger partial charge is 1.00 e. The number of rotatable bonds is 6. The Labute approximate surface area is 95.4 Å². The molecule has 1 N–H and O–H groups in total. The van der Waals surface area contributed by atoms with E-state index in [-0.39, 0.29) is 41.9 Å². The van der Waals surface area contributed by atoms with E-state index in [0.717, 1.165) is 6.42 Å². The fourth-order valence-corrected chi connectivity index (χ4v) is 1.30. The first-order valence-electron chi connectivity index (χ1n) is 3.60. The molecular formula is C6H13NaO4S. The van der Waals surface area contributed by atoms with Gasteiger partial charge in [0.2, 0.25) is 0 Å². The molecule has 0 spiro atoms. The predicted octanol–water partition coefficient (Wildman–Crippen LogP) is -2.91. The summed E-state index contributed by atoms with van der Waals surface area (Å²) >= 11 is 0. The van der Waals surface area contributed by atoms with Crippen molar-refractivity contribution in [3.8, 4) is 0 Å². The molecule has 12 heavy (non-hydrogen) atoms. The molecule has 4 nitrogen and oxygen atoms in total.